The van der Waals surface area contributed by atoms with E-state index in [0.29, 0.717) is 10.7 Å². The van der Waals surface area contributed by atoms with Gasteiger partial charge in [0.15, 0.2) is 10.7 Å². The van der Waals surface area contributed by atoms with E-state index in [0.717, 1.165) is 4.47 Å². The van der Waals surface area contributed by atoms with Crippen LogP contribution in [0.4, 0.5) is 0 Å². The zero-order valence-corrected chi connectivity index (χ0v) is 11.8. The van der Waals surface area contributed by atoms with Crippen LogP contribution in [0.1, 0.15) is 10.5 Å². The lowest BCUT2D eigenvalue weighted by Gasteiger charge is -2.05. The minimum absolute atomic E-state index is 0.0204. The normalized spacial score (nSPS) is 10.8. The monoisotopic (exact) mass is 338 g/mol. The van der Waals surface area contributed by atoms with Crippen molar-refractivity contribution in [1.82, 2.24) is 9.38 Å². The van der Waals surface area contributed by atoms with E-state index in [-0.39, 0.29) is 11.6 Å². The summed E-state index contributed by atoms with van der Waals surface area (Å²) in [5.41, 5.74) is 0.0204. The highest BCUT2D eigenvalue weighted by atomic mass is 79.9. The number of aromatic carboxylic acids is 1. The van der Waals surface area contributed by atoms with Gasteiger partial charge >= 0.3 is 5.97 Å². The average Bonchev–Trinajstić information content (AvgIpc) is 2.91. The second-order valence-electron chi connectivity index (χ2n) is 3.66. The number of thiazole rings is 1. The van der Waals surface area contributed by atoms with Crippen LogP contribution in [0.5, 0.6) is 11.6 Å². The number of carboxylic acid groups (broad SMARTS) is 1. The summed E-state index contributed by atoms with van der Waals surface area (Å²) in [4.78, 5) is 16.1. The van der Waals surface area contributed by atoms with Crippen molar-refractivity contribution in [3.05, 3.63) is 46.0 Å². The van der Waals surface area contributed by atoms with Gasteiger partial charge in [-0.1, -0.05) is 12.1 Å². The number of hydrogen-bond acceptors (Lipinski definition) is 4. The number of imidazole rings is 1. The minimum atomic E-state index is -1.08. The Labute approximate surface area is 120 Å². The maximum Gasteiger partial charge on any atom is 0.358 e. The second kappa shape index (κ2) is 4.67. The van der Waals surface area contributed by atoms with Gasteiger partial charge in [0.05, 0.1) is 4.47 Å². The molecule has 96 valence electrons. The molecule has 0 spiro atoms. The quantitative estimate of drug-likeness (QED) is 0.791. The number of nitrogens with zero attached hydrogens (tertiary/aromatic N) is 2. The molecule has 0 radical (unpaired) electrons. The highest BCUT2D eigenvalue weighted by Crippen LogP contribution is 2.32. The molecule has 2 heterocycles. The number of carboxylic acids is 1. The van der Waals surface area contributed by atoms with E-state index in [4.69, 9.17) is 4.74 Å². The molecular weight excluding hydrogens is 332 g/mol. The number of carbonyl (C=O) groups is 1. The molecule has 0 unspecified atom stereocenters. The summed E-state index contributed by atoms with van der Waals surface area (Å²) < 4.78 is 7.83. The molecule has 7 heteroatoms. The molecule has 0 aliphatic heterocycles. The Hall–Kier alpha value is -1.86. The summed E-state index contributed by atoms with van der Waals surface area (Å²) >= 11 is 4.70. The Morgan fingerprint density at radius 3 is 2.95 bits per heavy atom. The maximum atomic E-state index is 11.3. The molecule has 5 nitrogen and oxygen atoms in total. The largest absolute Gasteiger partial charge is 0.476 e. The average molecular weight is 339 g/mol. The maximum absolute atomic E-state index is 11.3. The number of hydrogen-bond donors (Lipinski definition) is 1. The lowest BCUT2D eigenvalue weighted by atomic mass is 10.3. The van der Waals surface area contributed by atoms with Crippen LogP contribution in [0.3, 0.4) is 0 Å². The zero-order valence-electron chi connectivity index (χ0n) is 9.41. The van der Waals surface area contributed by atoms with Crippen molar-refractivity contribution in [1.29, 1.82) is 0 Å². The van der Waals surface area contributed by atoms with E-state index in [9.17, 15) is 9.90 Å². The number of halogens is 1. The summed E-state index contributed by atoms with van der Waals surface area (Å²) in [7, 11) is 0. The molecule has 2 aromatic heterocycles. The van der Waals surface area contributed by atoms with Crippen LogP contribution in [0.15, 0.2) is 40.3 Å². The van der Waals surface area contributed by atoms with Gasteiger partial charge in [-0.25, -0.2) is 4.79 Å². The molecular formula is C12H7BrN2O3S. The first-order valence-corrected chi connectivity index (χ1v) is 6.95. The van der Waals surface area contributed by atoms with Gasteiger partial charge in [0.1, 0.15) is 5.75 Å². The van der Waals surface area contributed by atoms with E-state index >= 15 is 0 Å². The summed E-state index contributed by atoms with van der Waals surface area (Å²) in [6.45, 7) is 0. The van der Waals surface area contributed by atoms with Crippen molar-refractivity contribution in [3.8, 4) is 11.6 Å². The van der Waals surface area contributed by atoms with Gasteiger partial charge in [0.2, 0.25) is 0 Å². The van der Waals surface area contributed by atoms with Crippen molar-refractivity contribution in [3.63, 3.8) is 0 Å². The Kier molecular flexibility index (Phi) is 3.00. The van der Waals surface area contributed by atoms with Gasteiger partial charge in [-0.3, -0.25) is 4.40 Å². The molecule has 1 N–H and O–H groups in total. The van der Waals surface area contributed by atoms with Crippen LogP contribution in [0.2, 0.25) is 0 Å². The first-order chi connectivity index (χ1) is 9.16. The van der Waals surface area contributed by atoms with Gasteiger partial charge in [0.25, 0.3) is 5.88 Å². The van der Waals surface area contributed by atoms with Gasteiger partial charge in [-0.05, 0) is 28.1 Å². The third-order valence-corrected chi connectivity index (χ3v) is 3.89. The number of para-hydroxylation sites is 1. The summed E-state index contributed by atoms with van der Waals surface area (Å²) in [5, 5.41) is 11.0. The van der Waals surface area contributed by atoms with Crippen molar-refractivity contribution < 1.29 is 14.6 Å². The number of ether oxygens (including phenoxy) is 1. The fraction of sp³-hybridized carbons (Fsp3) is 0. The van der Waals surface area contributed by atoms with Gasteiger partial charge in [-0.2, -0.15) is 4.98 Å². The highest BCUT2D eigenvalue weighted by molar-refractivity contribution is 9.10. The Balaban J connectivity index is 2.10. The third kappa shape index (κ3) is 2.11. The molecule has 0 saturated heterocycles. The molecule has 0 aliphatic carbocycles. The summed E-state index contributed by atoms with van der Waals surface area (Å²) in [5.74, 6) is -0.463. The lowest BCUT2D eigenvalue weighted by molar-refractivity contribution is 0.0686. The van der Waals surface area contributed by atoms with Gasteiger partial charge in [0, 0.05) is 11.6 Å². The Morgan fingerprint density at radius 2 is 2.21 bits per heavy atom. The first kappa shape index (κ1) is 12.2. The fourth-order valence-electron chi connectivity index (χ4n) is 1.66. The predicted molar refractivity (Wildman–Crippen MR) is 74.2 cm³/mol. The smallest absolute Gasteiger partial charge is 0.358 e. The van der Waals surface area contributed by atoms with Crippen molar-refractivity contribution >= 4 is 38.2 Å². The van der Waals surface area contributed by atoms with Crippen LogP contribution in [-0.2, 0) is 0 Å². The number of benzene rings is 1. The molecule has 0 aliphatic rings. The topological polar surface area (TPSA) is 63.8 Å². The highest BCUT2D eigenvalue weighted by Gasteiger charge is 2.21. The third-order valence-electron chi connectivity index (χ3n) is 2.48. The number of aromatic nitrogens is 2. The molecule has 0 amide bonds. The summed E-state index contributed by atoms with van der Waals surface area (Å²) in [6, 6.07) is 7.21. The van der Waals surface area contributed by atoms with E-state index in [2.05, 4.69) is 20.9 Å². The van der Waals surface area contributed by atoms with E-state index in [1.165, 1.54) is 15.7 Å². The molecule has 0 fully saturated rings. The first-order valence-electron chi connectivity index (χ1n) is 5.28. The van der Waals surface area contributed by atoms with Gasteiger partial charge < -0.3 is 9.84 Å². The molecule has 19 heavy (non-hydrogen) atoms. The number of fused-ring (bicyclic) bond motifs is 1. The fourth-order valence-corrected chi connectivity index (χ4v) is 2.73. The van der Waals surface area contributed by atoms with Crippen LogP contribution in [-0.4, -0.2) is 20.5 Å². The molecule has 1 aromatic carbocycles. The predicted octanol–water partition coefficient (Wildman–Crippen LogP) is 3.65. The molecule has 3 rings (SSSR count). The molecule has 0 saturated carbocycles. The summed E-state index contributed by atoms with van der Waals surface area (Å²) in [6.07, 6.45) is 1.66. The van der Waals surface area contributed by atoms with E-state index < -0.39 is 5.97 Å². The minimum Gasteiger partial charge on any atom is -0.476 e. The Morgan fingerprint density at radius 1 is 1.42 bits per heavy atom. The van der Waals surface area contributed by atoms with Crippen LogP contribution < -0.4 is 4.74 Å². The Bertz CT molecular complexity index is 765. The molecule has 3 aromatic rings. The van der Waals surface area contributed by atoms with Crippen molar-refractivity contribution in [2.45, 2.75) is 0 Å². The zero-order chi connectivity index (χ0) is 13.4. The van der Waals surface area contributed by atoms with Crippen LogP contribution >= 0.6 is 27.3 Å². The molecule has 0 bridgehead atoms. The van der Waals surface area contributed by atoms with Gasteiger partial charge in [-0.15, -0.1) is 11.3 Å². The lowest BCUT2D eigenvalue weighted by Crippen LogP contribution is -2.02. The van der Waals surface area contributed by atoms with Crippen molar-refractivity contribution in [2.75, 3.05) is 0 Å². The second-order valence-corrected chi connectivity index (χ2v) is 5.39. The van der Waals surface area contributed by atoms with Crippen LogP contribution in [0.25, 0.3) is 4.96 Å². The van der Waals surface area contributed by atoms with E-state index in [1.54, 1.807) is 23.7 Å². The molecule has 0 atom stereocenters. The van der Waals surface area contributed by atoms with E-state index in [1.807, 2.05) is 12.1 Å². The SMILES string of the molecule is O=C(O)c1c(Oc2ccccc2Br)nc2sccn12. The van der Waals surface area contributed by atoms with Crippen LogP contribution in [0, 0.1) is 0 Å². The van der Waals surface area contributed by atoms with Crippen molar-refractivity contribution in [2.24, 2.45) is 0 Å². The standard InChI is InChI=1S/C12H7BrN2O3S/c13-7-3-1-2-4-8(7)18-10-9(11(16)17)15-5-6-19-12(15)14-10/h1-6H,(H,16,17). The number of rotatable bonds is 3.